The summed E-state index contributed by atoms with van der Waals surface area (Å²) in [6.45, 7) is 2.17. The molecule has 6 nitrogen and oxygen atoms in total. The third kappa shape index (κ3) is 4.23. The third-order valence-electron chi connectivity index (χ3n) is 4.71. The molecular formula is C23H21N5O. The number of carbonyl (C=O) groups is 1. The number of aryl methyl sites for hydroxylation is 1. The molecular weight excluding hydrogens is 362 g/mol. The van der Waals surface area contributed by atoms with Crippen LogP contribution in [0, 0.1) is 6.92 Å². The largest absolute Gasteiger partial charge is 0.336 e. The van der Waals surface area contributed by atoms with Crippen LogP contribution in [0.15, 0.2) is 79.0 Å². The number of anilines is 1. The van der Waals surface area contributed by atoms with E-state index in [1.54, 1.807) is 0 Å². The van der Waals surface area contributed by atoms with E-state index in [1.807, 2.05) is 79.9 Å². The van der Waals surface area contributed by atoms with Crippen LogP contribution in [0.3, 0.4) is 0 Å². The van der Waals surface area contributed by atoms with Crippen LogP contribution in [0.2, 0.25) is 0 Å². The van der Waals surface area contributed by atoms with Crippen LogP contribution in [0.1, 0.15) is 11.3 Å². The average Bonchev–Trinajstić information content (AvgIpc) is 2.75. The second-order valence-corrected chi connectivity index (χ2v) is 6.78. The molecule has 0 aliphatic carbocycles. The fraction of sp³-hybridized carbons (Fsp3) is 0.0870. The van der Waals surface area contributed by atoms with Gasteiger partial charge in [0.15, 0.2) is 0 Å². The van der Waals surface area contributed by atoms with E-state index in [0.717, 1.165) is 38.4 Å². The highest BCUT2D eigenvalue weighted by Gasteiger charge is 2.13. The van der Waals surface area contributed by atoms with Crippen LogP contribution >= 0.6 is 0 Å². The smallest absolute Gasteiger partial charge is 0.307 e. The zero-order chi connectivity index (χ0) is 20.2. The summed E-state index contributed by atoms with van der Waals surface area (Å²) in [6.07, 6.45) is 1.83. The molecule has 2 amide bonds. The molecule has 4 aromatic rings. The quantitative estimate of drug-likeness (QED) is 0.308. The first-order valence-corrected chi connectivity index (χ1v) is 9.30. The molecule has 0 aliphatic rings. The lowest BCUT2D eigenvalue weighted by molar-refractivity contribution is 0.210. The van der Waals surface area contributed by atoms with Crippen LogP contribution in [0.4, 0.5) is 10.5 Å². The van der Waals surface area contributed by atoms with E-state index in [2.05, 4.69) is 16.4 Å². The van der Waals surface area contributed by atoms with Gasteiger partial charge < -0.3 is 5.32 Å². The van der Waals surface area contributed by atoms with Crippen molar-refractivity contribution in [3.05, 3.63) is 90.3 Å². The van der Waals surface area contributed by atoms with Gasteiger partial charge in [0.05, 0.1) is 17.8 Å². The summed E-state index contributed by atoms with van der Waals surface area (Å²) in [5.41, 5.74) is 5.13. The number of fused-ring (bicyclic) bond motifs is 1. The number of nitrogens with zero attached hydrogens (tertiary/aromatic N) is 3. The summed E-state index contributed by atoms with van der Waals surface area (Å²) in [7, 11) is 0. The minimum absolute atomic E-state index is 0.258. The maximum absolute atomic E-state index is 12.3. The molecule has 144 valence electrons. The number of para-hydroxylation sites is 2. The lowest BCUT2D eigenvalue weighted by atomic mass is 10.1. The summed E-state index contributed by atoms with van der Waals surface area (Å²) in [5.74, 6) is 5.96. The first-order chi connectivity index (χ1) is 14.1. The van der Waals surface area contributed by atoms with Crippen molar-refractivity contribution in [2.24, 2.45) is 5.84 Å². The van der Waals surface area contributed by atoms with Crippen molar-refractivity contribution in [1.82, 2.24) is 15.0 Å². The van der Waals surface area contributed by atoms with Gasteiger partial charge in [0.25, 0.3) is 0 Å². The number of nitrogens with one attached hydrogen (secondary N) is 1. The van der Waals surface area contributed by atoms with Gasteiger partial charge in [-0.1, -0.05) is 42.5 Å². The Morgan fingerprint density at radius 1 is 1.03 bits per heavy atom. The van der Waals surface area contributed by atoms with Crippen molar-refractivity contribution in [1.29, 1.82) is 0 Å². The van der Waals surface area contributed by atoms with Crippen LogP contribution in [0.25, 0.3) is 22.2 Å². The first kappa shape index (κ1) is 18.6. The normalized spacial score (nSPS) is 10.7. The fourth-order valence-electron chi connectivity index (χ4n) is 3.10. The zero-order valence-electron chi connectivity index (χ0n) is 16.0. The monoisotopic (exact) mass is 383 g/mol. The number of nitrogens with two attached hydrogens (primary N) is 1. The number of hydrogen-bond donors (Lipinski definition) is 2. The van der Waals surface area contributed by atoms with Crippen LogP contribution in [-0.2, 0) is 6.54 Å². The molecule has 0 saturated carbocycles. The summed E-state index contributed by atoms with van der Waals surface area (Å²) in [6, 6.07) is 22.8. The maximum Gasteiger partial charge on any atom is 0.336 e. The van der Waals surface area contributed by atoms with E-state index in [4.69, 9.17) is 10.8 Å². The topological polar surface area (TPSA) is 84.1 Å². The molecule has 6 heteroatoms. The molecule has 29 heavy (non-hydrogen) atoms. The number of benzene rings is 2. The van der Waals surface area contributed by atoms with E-state index in [0.29, 0.717) is 5.69 Å². The fourth-order valence-corrected chi connectivity index (χ4v) is 3.10. The highest BCUT2D eigenvalue weighted by molar-refractivity contribution is 5.88. The molecule has 0 unspecified atom stereocenters. The predicted molar refractivity (Wildman–Crippen MR) is 115 cm³/mol. The SMILES string of the molecule is Cc1nc(-c2cnc3ccccc3c2)ccc1CN(N)C(=O)Nc1ccccc1. The second-order valence-electron chi connectivity index (χ2n) is 6.78. The Kier molecular flexibility index (Phi) is 5.18. The van der Waals surface area contributed by atoms with Gasteiger partial charge in [-0.2, -0.15) is 0 Å². The first-order valence-electron chi connectivity index (χ1n) is 9.30. The Bertz CT molecular complexity index is 1160. The van der Waals surface area contributed by atoms with Crippen molar-refractivity contribution >= 4 is 22.6 Å². The Morgan fingerprint density at radius 3 is 2.59 bits per heavy atom. The summed E-state index contributed by atoms with van der Waals surface area (Å²) < 4.78 is 0. The third-order valence-corrected chi connectivity index (χ3v) is 4.71. The van der Waals surface area contributed by atoms with Crippen LogP contribution in [-0.4, -0.2) is 21.0 Å². The maximum atomic E-state index is 12.3. The van der Waals surface area contributed by atoms with Gasteiger partial charge >= 0.3 is 6.03 Å². The van der Waals surface area contributed by atoms with Crippen molar-refractivity contribution in [3.63, 3.8) is 0 Å². The number of hydrazine groups is 1. The summed E-state index contributed by atoms with van der Waals surface area (Å²) in [5, 5.41) is 4.98. The number of hydrogen-bond acceptors (Lipinski definition) is 4. The standard InChI is InChI=1S/C23H21N5O/c1-16-18(15-28(24)23(29)27-20-8-3-2-4-9-20)11-12-22(26-16)19-13-17-7-5-6-10-21(17)25-14-19/h2-14H,15,24H2,1H3,(H,27,29). The lowest BCUT2D eigenvalue weighted by Gasteiger charge is -2.18. The number of pyridine rings is 2. The molecule has 0 bridgehead atoms. The molecule has 0 spiro atoms. The molecule has 2 aromatic heterocycles. The summed E-state index contributed by atoms with van der Waals surface area (Å²) in [4.78, 5) is 21.5. The van der Waals surface area contributed by atoms with Crippen molar-refractivity contribution in [2.75, 3.05) is 5.32 Å². The predicted octanol–water partition coefficient (Wildman–Crippen LogP) is 4.51. The molecule has 3 N–H and O–H groups in total. The molecule has 0 aliphatic heterocycles. The molecule has 0 saturated heterocycles. The number of carbonyl (C=O) groups excluding carboxylic acids is 1. The van der Waals surface area contributed by atoms with Crippen LogP contribution in [0.5, 0.6) is 0 Å². The Hall–Kier alpha value is -3.77. The molecule has 0 radical (unpaired) electrons. The number of rotatable bonds is 4. The van der Waals surface area contributed by atoms with Crippen molar-refractivity contribution in [2.45, 2.75) is 13.5 Å². The van der Waals surface area contributed by atoms with Gasteiger partial charge in [0, 0.05) is 28.5 Å². The zero-order valence-corrected chi connectivity index (χ0v) is 16.0. The van der Waals surface area contributed by atoms with Gasteiger partial charge in [-0.3, -0.25) is 15.0 Å². The van der Waals surface area contributed by atoms with E-state index >= 15 is 0 Å². The Balaban J connectivity index is 1.50. The molecule has 2 aromatic carbocycles. The van der Waals surface area contributed by atoms with Gasteiger partial charge in [0.2, 0.25) is 0 Å². The van der Waals surface area contributed by atoms with E-state index in [9.17, 15) is 4.79 Å². The minimum atomic E-state index is -0.376. The molecule has 4 rings (SSSR count). The van der Waals surface area contributed by atoms with E-state index < -0.39 is 0 Å². The number of urea groups is 1. The van der Waals surface area contributed by atoms with Gasteiger partial charge in [-0.25, -0.2) is 10.6 Å². The average molecular weight is 383 g/mol. The molecule has 2 heterocycles. The Morgan fingerprint density at radius 2 is 1.79 bits per heavy atom. The van der Waals surface area contributed by atoms with Gasteiger partial charge in [-0.15, -0.1) is 0 Å². The highest BCUT2D eigenvalue weighted by atomic mass is 16.2. The molecule has 0 atom stereocenters. The van der Waals surface area contributed by atoms with Crippen molar-refractivity contribution < 1.29 is 4.79 Å². The number of amides is 2. The van der Waals surface area contributed by atoms with Crippen LogP contribution < -0.4 is 11.2 Å². The van der Waals surface area contributed by atoms with E-state index in [-0.39, 0.29) is 12.6 Å². The summed E-state index contributed by atoms with van der Waals surface area (Å²) >= 11 is 0. The second kappa shape index (κ2) is 8.08. The van der Waals surface area contributed by atoms with E-state index in [1.165, 1.54) is 0 Å². The number of aromatic nitrogens is 2. The minimum Gasteiger partial charge on any atom is -0.307 e. The van der Waals surface area contributed by atoms with Crippen molar-refractivity contribution in [3.8, 4) is 11.3 Å². The van der Waals surface area contributed by atoms with Gasteiger partial charge in [-0.05, 0) is 42.8 Å². The highest BCUT2D eigenvalue weighted by Crippen LogP contribution is 2.22. The molecule has 0 fully saturated rings. The lowest BCUT2D eigenvalue weighted by Crippen LogP contribution is -2.40. The Labute approximate surface area is 169 Å². The van der Waals surface area contributed by atoms with Gasteiger partial charge in [0.1, 0.15) is 0 Å².